The summed E-state index contributed by atoms with van der Waals surface area (Å²) in [6.45, 7) is 8.59. The van der Waals surface area contributed by atoms with Gasteiger partial charge >= 0.3 is 0 Å². The third-order valence-electron chi connectivity index (χ3n) is 7.36. The molecule has 0 fully saturated rings. The lowest BCUT2D eigenvalue weighted by atomic mass is 9.75. The smallest absolute Gasteiger partial charge is 0.254 e. The minimum Gasteiger partial charge on any atom is -0.490 e. The number of fused-ring (bicyclic) bond motifs is 4. The van der Waals surface area contributed by atoms with Gasteiger partial charge in [-0.1, -0.05) is 48.5 Å². The Morgan fingerprint density at radius 2 is 1.59 bits per heavy atom. The van der Waals surface area contributed by atoms with Gasteiger partial charge in [0.1, 0.15) is 0 Å². The monoisotopic (exact) mass is 498 g/mol. The third-order valence-corrected chi connectivity index (χ3v) is 7.36. The van der Waals surface area contributed by atoms with E-state index in [-0.39, 0.29) is 11.8 Å². The van der Waals surface area contributed by atoms with Crippen molar-refractivity contribution >= 4 is 11.8 Å². The van der Waals surface area contributed by atoms with Crippen molar-refractivity contribution < 1.29 is 19.1 Å². The molecule has 5 rings (SSSR count). The molecule has 2 heterocycles. The van der Waals surface area contributed by atoms with E-state index >= 15 is 0 Å². The van der Waals surface area contributed by atoms with Crippen molar-refractivity contribution in [3.8, 4) is 11.5 Å². The number of ether oxygens (including phenoxy) is 2. The highest BCUT2D eigenvalue weighted by molar-refractivity contribution is 6.01. The Labute approximate surface area is 218 Å². The maximum absolute atomic E-state index is 14.4. The van der Waals surface area contributed by atoms with E-state index in [1.54, 1.807) is 0 Å². The van der Waals surface area contributed by atoms with E-state index < -0.39 is 12.0 Å². The number of amides is 2. The van der Waals surface area contributed by atoms with Gasteiger partial charge in [0.25, 0.3) is 5.91 Å². The average molecular weight is 499 g/mol. The lowest BCUT2D eigenvalue weighted by Crippen LogP contribution is -2.50. The fourth-order valence-corrected chi connectivity index (χ4v) is 5.68. The normalized spacial score (nSPS) is 17.9. The van der Waals surface area contributed by atoms with Gasteiger partial charge in [0, 0.05) is 25.2 Å². The van der Waals surface area contributed by atoms with E-state index in [0.29, 0.717) is 56.3 Å². The first kappa shape index (κ1) is 24.9. The lowest BCUT2D eigenvalue weighted by Gasteiger charge is -2.46. The topological polar surface area (TPSA) is 59.1 Å². The van der Waals surface area contributed by atoms with E-state index in [0.717, 1.165) is 22.3 Å². The van der Waals surface area contributed by atoms with Crippen LogP contribution in [0.4, 0.5) is 0 Å². The molecule has 2 aliphatic heterocycles. The molecule has 0 radical (unpaired) electrons. The summed E-state index contributed by atoms with van der Waals surface area (Å²) >= 11 is 0. The van der Waals surface area contributed by atoms with Crippen LogP contribution in [-0.4, -0.2) is 47.9 Å². The average Bonchev–Trinajstić information content (AvgIpc) is 2.93. The SMILES string of the molecule is CCOc1cc2c(cc1OCC)[C@H]1[C@H](C(=O)N(CC)Cc3ccccc3)c3ccccc3C(=O)N1CC2. The van der Waals surface area contributed by atoms with Crippen molar-refractivity contribution in [1.29, 1.82) is 0 Å². The van der Waals surface area contributed by atoms with Gasteiger partial charge in [-0.05, 0) is 67.6 Å². The maximum atomic E-state index is 14.4. The highest BCUT2D eigenvalue weighted by Crippen LogP contribution is 2.49. The quantitative estimate of drug-likeness (QED) is 0.419. The second-order valence-corrected chi connectivity index (χ2v) is 9.46. The van der Waals surface area contributed by atoms with Crippen molar-refractivity contribution in [2.24, 2.45) is 0 Å². The predicted octanol–water partition coefficient (Wildman–Crippen LogP) is 5.37. The highest BCUT2D eigenvalue weighted by Gasteiger charge is 2.47. The summed E-state index contributed by atoms with van der Waals surface area (Å²) in [5.74, 6) is 0.860. The molecule has 2 atom stereocenters. The van der Waals surface area contributed by atoms with Gasteiger partial charge in [-0.3, -0.25) is 9.59 Å². The van der Waals surface area contributed by atoms with Crippen LogP contribution in [0.15, 0.2) is 66.7 Å². The van der Waals surface area contributed by atoms with Crippen molar-refractivity contribution in [3.63, 3.8) is 0 Å². The van der Waals surface area contributed by atoms with Crippen molar-refractivity contribution in [3.05, 3.63) is 94.5 Å². The zero-order valence-corrected chi connectivity index (χ0v) is 21.8. The summed E-state index contributed by atoms with van der Waals surface area (Å²) in [5.41, 5.74) is 4.57. The van der Waals surface area contributed by atoms with Crippen LogP contribution < -0.4 is 9.47 Å². The van der Waals surface area contributed by atoms with Crippen molar-refractivity contribution in [1.82, 2.24) is 9.80 Å². The fraction of sp³-hybridized carbons (Fsp3) is 0.355. The molecule has 3 aromatic rings. The largest absolute Gasteiger partial charge is 0.490 e. The molecule has 2 amide bonds. The molecule has 0 aromatic heterocycles. The Hall–Kier alpha value is -3.80. The molecule has 0 N–H and O–H groups in total. The summed E-state index contributed by atoms with van der Waals surface area (Å²) in [5, 5.41) is 0. The molecule has 37 heavy (non-hydrogen) atoms. The molecule has 3 aromatic carbocycles. The first-order chi connectivity index (χ1) is 18.1. The predicted molar refractivity (Wildman–Crippen MR) is 143 cm³/mol. The summed E-state index contributed by atoms with van der Waals surface area (Å²) in [4.78, 5) is 31.9. The van der Waals surface area contributed by atoms with Gasteiger partial charge in [-0.15, -0.1) is 0 Å². The van der Waals surface area contributed by atoms with Gasteiger partial charge in [0.2, 0.25) is 5.91 Å². The number of nitrogens with zero attached hydrogens (tertiary/aromatic N) is 2. The lowest BCUT2D eigenvalue weighted by molar-refractivity contribution is -0.135. The van der Waals surface area contributed by atoms with Crippen LogP contribution in [0.3, 0.4) is 0 Å². The highest BCUT2D eigenvalue weighted by atomic mass is 16.5. The first-order valence-electron chi connectivity index (χ1n) is 13.2. The molecule has 192 valence electrons. The standard InChI is InChI=1S/C31H34N2O4/c1-4-32(20-21-12-8-7-9-13-21)31(35)28-23-14-10-11-15-24(23)30(34)33-17-16-22-18-26(36-5-2)27(37-6-3)19-25(22)29(28)33/h7-15,18-19,28-29H,4-6,16-17,20H2,1-3H3/t28-,29+/m1/s1. The van der Waals surface area contributed by atoms with E-state index in [9.17, 15) is 9.59 Å². The summed E-state index contributed by atoms with van der Waals surface area (Å²) in [6, 6.07) is 21.3. The van der Waals surface area contributed by atoms with Gasteiger partial charge < -0.3 is 19.3 Å². The van der Waals surface area contributed by atoms with Crippen LogP contribution in [0.2, 0.25) is 0 Å². The molecule has 0 bridgehead atoms. The van der Waals surface area contributed by atoms with Crippen LogP contribution in [0.25, 0.3) is 0 Å². The molecule has 0 spiro atoms. The molecular weight excluding hydrogens is 464 g/mol. The second kappa shape index (κ2) is 10.7. The number of hydrogen-bond acceptors (Lipinski definition) is 4. The molecule has 0 saturated carbocycles. The Morgan fingerprint density at radius 1 is 0.919 bits per heavy atom. The number of carbonyl (C=O) groups excluding carboxylic acids is 2. The third kappa shape index (κ3) is 4.57. The van der Waals surface area contributed by atoms with E-state index in [1.807, 2.05) is 97.3 Å². The zero-order valence-electron chi connectivity index (χ0n) is 21.8. The summed E-state index contributed by atoms with van der Waals surface area (Å²) in [6.07, 6.45) is 0.703. The van der Waals surface area contributed by atoms with Crippen LogP contribution in [0.5, 0.6) is 11.5 Å². The van der Waals surface area contributed by atoms with E-state index in [4.69, 9.17) is 9.47 Å². The Kier molecular flexibility index (Phi) is 7.17. The Bertz CT molecular complexity index is 1290. The van der Waals surface area contributed by atoms with Crippen LogP contribution in [-0.2, 0) is 17.8 Å². The molecule has 0 saturated heterocycles. The second-order valence-electron chi connectivity index (χ2n) is 9.46. The number of rotatable bonds is 8. The fourth-order valence-electron chi connectivity index (χ4n) is 5.68. The van der Waals surface area contributed by atoms with Crippen molar-refractivity contribution in [2.75, 3.05) is 26.3 Å². The zero-order chi connectivity index (χ0) is 25.9. The van der Waals surface area contributed by atoms with Gasteiger partial charge in [0.15, 0.2) is 11.5 Å². The minimum absolute atomic E-state index is 0.0201. The minimum atomic E-state index is -0.510. The van der Waals surface area contributed by atoms with Gasteiger partial charge in [-0.2, -0.15) is 0 Å². The van der Waals surface area contributed by atoms with Crippen LogP contribution in [0, 0.1) is 0 Å². The number of benzene rings is 3. The molecular formula is C31H34N2O4. The number of hydrogen-bond donors (Lipinski definition) is 0. The molecule has 6 nitrogen and oxygen atoms in total. The van der Waals surface area contributed by atoms with Crippen molar-refractivity contribution in [2.45, 2.75) is 45.7 Å². The Morgan fingerprint density at radius 3 is 2.30 bits per heavy atom. The summed E-state index contributed by atoms with van der Waals surface area (Å²) < 4.78 is 11.8. The van der Waals surface area contributed by atoms with E-state index in [2.05, 4.69) is 0 Å². The first-order valence-corrected chi connectivity index (χ1v) is 13.2. The number of likely N-dealkylation sites (N-methyl/N-ethyl adjacent to an activating group) is 1. The molecule has 2 aliphatic rings. The van der Waals surface area contributed by atoms with Gasteiger partial charge in [0.05, 0.1) is 25.2 Å². The molecule has 0 unspecified atom stereocenters. The van der Waals surface area contributed by atoms with Crippen LogP contribution in [0.1, 0.15) is 65.3 Å². The summed E-state index contributed by atoms with van der Waals surface area (Å²) in [7, 11) is 0. The molecule has 6 heteroatoms. The number of carbonyl (C=O) groups is 2. The van der Waals surface area contributed by atoms with Crippen LogP contribution >= 0.6 is 0 Å². The van der Waals surface area contributed by atoms with E-state index in [1.165, 1.54) is 0 Å². The maximum Gasteiger partial charge on any atom is 0.254 e. The van der Waals surface area contributed by atoms with Gasteiger partial charge in [-0.25, -0.2) is 0 Å². The molecule has 0 aliphatic carbocycles. The Balaban J connectivity index is 1.63.